The average Bonchev–Trinajstić information content (AvgIpc) is 3.30. The molecule has 1 aliphatic heterocycles. The quantitative estimate of drug-likeness (QED) is 0.680. The lowest BCUT2D eigenvalue weighted by molar-refractivity contribution is 0.0714. The first-order valence-electron chi connectivity index (χ1n) is 9.48. The van der Waals surface area contributed by atoms with Gasteiger partial charge in [-0.3, -0.25) is 4.79 Å². The van der Waals surface area contributed by atoms with Crippen molar-refractivity contribution in [2.45, 2.75) is 6.92 Å². The molecule has 0 aliphatic carbocycles. The summed E-state index contributed by atoms with van der Waals surface area (Å²) in [6.45, 7) is 5.63. The second-order valence-electron chi connectivity index (χ2n) is 6.57. The monoisotopic (exact) mass is 377 g/mol. The van der Waals surface area contributed by atoms with Crippen LogP contribution in [0.25, 0.3) is 0 Å². The van der Waals surface area contributed by atoms with Crippen LogP contribution < -0.4 is 9.80 Å². The van der Waals surface area contributed by atoms with Crippen LogP contribution in [0.15, 0.2) is 65.5 Å². The summed E-state index contributed by atoms with van der Waals surface area (Å²) < 4.78 is 5.23. The molecule has 7 nitrogen and oxygen atoms in total. The second-order valence-corrected chi connectivity index (χ2v) is 6.57. The van der Waals surface area contributed by atoms with E-state index >= 15 is 0 Å². The van der Waals surface area contributed by atoms with Crippen LogP contribution in [-0.2, 0) is 0 Å². The van der Waals surface area contributed by atoms with Gasteiger partial charge >= 0.3 is 0 Å². The zero-order valence-electron chi connectivity index (χ0n) is 15.9. The van der Waals surface area contributed by atoms with Gasteiger partial charge in [0.15, 0.2) is 5.76 Å². The highest BCUT2D eigenvalue weighted by atomic mass is 16.3. The zero-order chi connectivity index (χ0) is 19.3. The third kappa shape index (κ3) is 3.69. The lowest BCUT2D eigenvalue weighted by Gasteiger charge is -2.35. The number of hydrogen-bond acceptors (Lipinski definition) is 6. The number of carbonyl (C=O) groups is 1. The number of amides is 1. The van der Waals surface area contributed by atoms with Crippen molar-refractivity contribution in [3.8, 4) is 0 Å². The lowest BCUT2D eigenvalue weighted by atomic mass is 10.2. The maximum atomic E-state index is 12.4. The van der Waals surface area contributed by atoms with Gasteiger partial charge in [0.2, 0.25) is 0 Å². The van der Waals surface area contributed by atoms with Gasteiger partial charge in [-0.1, -0.05) is 18.2 Å². The summed E-state index contributed by atoms with van der Waals surface area (Å²) in [5, 5.41) is 0. The number of piperazine rings is 1. The van der Waals surface area contributed by atoms with Crippen LogP contribution in [0.2, 0.25) is 0 Å². The van der Waals surface area contributed by atoms with Crippen LogP contribution in [0.4, 0.5) is 17.3 Å². The number of nitrogens with zero attached hydrogens (tertiary/aromatic N) is 5. The first kappa shape index (κ1) is 18.0. The van der Waals surface area contributed by atoms with Crippen LogP contribution in [0.1, 0.15) is 17.5 Å². The lowest BCUT2D eigenvalue weighted by Crippen LogP contribution is -2.49. The van der Waals surface area contributed by atoms with Crippen molar-refractivity contribution < 1.29 is 9.21 Å². The van der Waals surface area contributed by atoms with Crippen LogP contribution in [0.3, 0.4) is 0 Å². The third-order valence-corrected chi connectivity index (χ3v) is 4.92. The minimum Gasteiger partial charge on any atom is -0.459 e. The van der Waals surface area contributed by atoms with E-state index in [0.717, 1.165) is 37.0 Å². The molecule has 1 saturated heterocycles. The molecule has 0 N–H and O–H groups in total. The van der Waals surface area contributed by atoms with Gasteiger partial charge in [0.25, 0.3) is 5.91 Å². The predicted octanol–water partition coefficient (Wildman–Crippen LogP) is 3.19. The molecule has 0 bridgehead atoms. The summed E-state index contributed by atoms with van der Waals surface area (Å²) in [7, 11) is 0. The molecule has 0 atom stereocenters. The largest absolute Gasteiger partial charge is 0.459 e. The topological polar surface area (TPSA) is 65.7 Å². The maximum absolute atomic E-state index is 12.4. The van der Waals surface area contributed by atoms with Gasteiger partial charge in [-0.15, -0.1) is 0 Å². The number of anilines is 3. The molecule has 2 aromatic heterocycles. The first-order chi connectivity index (χ1) is 13.8. The summed E-state index contributed by atoms with van der Waals surface area (Å²) in [4.78, 5) is 27.5. The molecule has 3 aromatic rings. The Kier molecular flexibility index (Phi) is 5.23. The number of rotatable bonds is 5. The Morgan fingerprint density at radius 3 is 2.54 bits per heavy atom. The molecule has 0 unspecified atom stereocenters. The van der Waals surface area contributed by atoms with E-state index in [2.05, 4.69) is 38.8 Å². The Morgan fingerprint density at radius 1 is 1.07 bits per heavy atom. The van der Waals surface area contributed by atoms with Gasteiger partial charge in [0, 0.05) is 44.5 Å². The van der Waals surface area contributed by atoms with Gasteiger partial charge in [-0.05, 0) is 31.2 Å². The average molecular weight is 377 g/mol. The fourth-order valence-electron chi connectivity index (χ4n) is 3.44. The summed E-state index contributed by atoms with van der Waals surface area (Å²) in [6.07, 6.45) is 3.13. The van der Waals surface area contributed by atoms with Crippen molar-refractivity contribution in [1.29, 1.82) is 0 Å². The van der Waals surface area contributed by atoms with Crippen LogP contribution in [-0.4, -0.2) is 53.5 Å². The van der Waals surface area contributed by atoms with Crippen molar-refractivity contribution in [2.75, 3.05) is 42.5 Å². The van der Waals surface area contributed by atoms with Gasteiger partial charge < -0.3 is 19.1 Å². The van der Waals surface area contributed by atoms with Crippen LogP contribution in [0.5, 0.6) is 0 Å². The third-order valence-electron chi connectivity index (χ3n) is 4.92. The number of para-hydroxylation sites is 1. The number of furan rings is 1. The van der Waals surface area contributed by atoms with E-state index in [-0.39, 0.29) is 5.91 Å². The van der Waals surface area contributed by atoms with Gasteiger partial charge in [-0.2, -0.15) is 0 Å². The van der Waals surface area contributed by atoms with E-state index in [1.165, 1.54) is 6.26 Å². The fraction of sp³-hybridized carbons (Fsp3) is 0.286. The Labute approximate surface area is 164 Å². The highest BCUT2D eigenvalue weighted by Crippen LogP contribution is 2.25. The number of aromatic nitrogens is 2. The van der Waals surface area contributed by atoms with Gasteiger partial charge in [0.05, 0.1) is 6.26 Å². The Hall–Kier alpha value is -3.35. The summed E-state index contributed by atoms with van der Waals surface area (Å²) >= 11 is 0. The van der Waals surface area contributed by atoms with E-state index < -0.39 is 0 Å². The fourth-order valence-corrected chi connectivity index (χ4v) is 3.44. The molecule has 0 saturated carbocycles. The van der Waals surface area contributed by atoms with E-state index in [1.807, 2.05) is 29.2 Å². The molecular weight excluding hydrogens is 354 g/mol. The van der Waals surface area contributed by atoms with Crippen LogP contribution in [0, 0.1) is 0 Å². The molecule has 28 heavy (non-hydrogen) atoms. The van der Waals surface area contributed by atoms with Crippen molar-refractivity contribution in [3.63, 3.8) is 0 Å². The molecule has 1 aliphatic rings. The summed E-state index contributed by atoms with van der Waals surface area (Å²) in [5.74, 6) is 2.07. The molecule has 1 aromatic carbocycles. The molecule has 3 heterocycles. The normalized spacial score (nSPS) is 14.2. The van der Waals surface area contributed by atoms with Crippen molar-refractivity contribution >= 4 is 23.2 Å². The molecule has 4 rings (SSSR count). The van der Waals surface area contributed by atoms with E-state index in [0.29, 0.717) is 18.8 Å². The molecule has 1 fully saturated rings. The summed E-state index contributed by atoms with van der Waals surface area (Å²) in [5.41, 5.74) is 1.10. The maximum Gasteiger partial charge on any atom is 0.289 e. The predicted molar refractivity (Wildman–Crippen MR) is 108 cm³/mol. The molecular formula is C21H23N5O2. The number of hydrogen-bond donors (Lipinski definition) is 0. The molecule has 144 valence electrons. The standard InChI is InChI=1S/C21H23N5O2/c1-2-26(17-7-4-3-5-8-17)20-15-19(22-16-23-20)24-10-12-25(13-11-24)21(27)18-9-6-14-28-18/h3-9,14-16H,2,10-13H2,1H3. The number of benzene rings is 1. The van der Waals surface area contributed by atoms with Gasteiger partial charge in [-0.25, -0.2) is 9.97 Å². The smallest absolute Gasteiger partial charge is 0.289 e. The molecule has 7 heteroatoms. The van der Waals surface area contributed by atoms with Crippen molar-refractivity contribution in [2.24, 2.45) is 0 Å². The van der Waals surface area contributed by atoms with Gasteiger partial charge in [0.1, 0.15) is 18.0 Å². The van der Waals surface area contributed by atoms with Crippen molar-refractivity contribution in [1.82, 2.24) is 14.9 Å². The number of carbonyl (C=O) groups excluding carboxylic acids is 1. The van der Waals surface area contributed by atoms with E-state index in [4.69, 9.17) is 4.42 Å². The highest BCUT2D eigenvalue weighted by molar-refractivity contribution is 5.91. The Balaban J connectivity index is 1.46. The molecule has 1 amide bonds. The van der Waals surface area contributed by atoms with E-state index in [9.17, 15) is 4.79 Å². The Bertz CT molecular complexity index is 906. The molecule has 0 spiro atoms. The summed E-state index contributed by atoms with van der Waals surface area (Å²) in [6, 6.07) is 15.7. The first-order valence-corrected chi connectivity index (χ1v) is 9.48. The SMILES string of the molecule is CCN(c1ccccc1)c1cc(N2CCN(C(=O)c3ccco3)CC2)ncn1. The van der Waals surface area contributed by atoms with E-state index in [1.54, 1.807) is 18.5 Å². The zero-order valence-corrected chi connectivity index (χ0v) is 15.9. The van der Waals surface area contributed by atoms with Crippen molar-refractivity contribution in [3.05, 3.63) is 66.9 Å². The molecule has 0 radical (unpaired) electrons. The minimum absolute atomic E-state index is 0.0609. The Morgan fingerprint density at radius 2 is 1.86 bits per heavy atom. The van der Waals surface area contributed by atoms with Crippen LogP contribution >= 0.6 is 0 Å². The minimum atomic E-state index is -0.0609. The second kappa shape index (κ2) is 8.12. The highest BCUT2D eigenvalue weighted by Gasteiger charge is 2.24.